The molecule has 10 nitrogen and oxygen atoms in total. The van der Waals surface area contributed by atoms with E-state index >= 15 is 0 Å². The average Bonchev–Trinajstić information content (AvgIpc) is 2.99. The molecule has 1 fully saturated rings. The lowest BCUT2D eigenvalue weighted by molar-refractivity contribution is -0.0583. The zero-order valence-corrected chi connectivity index (χ0v) is 11.1. The highest BCUT2D eigenvalue weighted by molar-refractivity contribution is 5.70. The standard InChI is InChI=1S/C11H15N5O5/c1-20-7-6(18)4(2-17)21-10(7)16-3-13-5-8(16)14-11(12)15-9(5)19/h3-4,6-7,10,17-18H,2H2,1H3,(H3,12,14,15,19)/t4-,6-,7-,10-/m0/s1. The Hall–Kier alpha value is -2.01. The van der Waals surface area contributed by atoms with Gasteiger partial charge in [0.2, 0.25) is 5.95 Å². The van der Waals surface area contributed by atoms with Gasteiger partial charge in [-0.3, -0.25) is 14.3 Å². The molecule has 10 heteroatoms. The van der Waals surface area contributed by atoms with Crippen LogP contribution in [0.15, 0.2) is 11.1 Å². The zero-order chi connectivity index (χ0) is 15.1. The summed E-state index contributed by atoms with van der Waals surface area (Å²) in [5.74, 6) is -0.0551. The summed E-state index contributed by atoms with van der Waals surface area (Å²) < 4.78 is 12.2. The first kappa shape index (κ1) is 13.9. The van der Waals surface area contributed by atoms with Crippen molar-refractivity contribution in [2.75, 3.05) is 19.5 Å². The second-order valence-electron chi connectivity index (χ2n) is 4.71. The van der Waals surface area contributed by atoms with Gasteiger partial charge in [-0.1, -0.05) is 0 Å². The van der Waals surface area contributed by atoms with E-state index in [1.165, 1.54) is 18.0 Å². The monoisotopic (exact) mass is 297 g/mol. The zero-order valence-electron chi connectivity index (χ0n) is 11.1. The second-order valence-corrected chi connectivity index (χ2v) is 4.71. The van der Waals surface area contributed by atoms with E-state index in [4.69, 9.17) is 15.2 Å². The number of nitrogen functional groups attached to an aromatic ring is 1. The number of nitrogens with two attached hydrogens (primary N) is 1. The molecule has 0 aliphatic carbocycles. The van der Waals surface area contributed by atoms with Crippen molar-refractivity contribution < 1.29 is 19.7 Å². The molecule has 1 saturated heterocycles. The number of nitrogens with zero attached hydrogens (tertiary/aromatic N) is 3. The number of aliphatic hydroxyl groups excluding tert-OH is 2. The van der Waals surface area contributed by atoms with Crippen LogP contribution in [0.1, 0.15) is 6.23 Å². The Balaban J connectivity index is 2.10. The minimum atomic E-state index is -1.01. The Morgan fingerprint density at radius 3 is 3.05 bits per heavy atom. The fraction of sp³-hybridized carbons (Fsp3) is 0.545. The van der Waals surface area contributed by atoms with Crippen LogP contribution in [0.5, 0.6) is 0 Å². The summed E-state index contributed by atoms with van der Waals surface area (Å²) in [5, 5.41) is 19.3. The summed E-state index contributed by atoms with van der Waals surface area (Å²) in [6.07, 6.45) is -1.96. The summed E-state index contributed by atoms with van der Waals surface area (Å²) in [4.78, 5) is 22.1. The van der Waals surface area contributed by atoms with Gasteiger partial charge in [0.05, 0.1) is 12.9 Å². The molecule has 0 saturated carbocycles. The van der Waals surface area contributed by atoms with Crippen LogP contribution in [0.25, 0.3) is 11.2 Å². The summed E-state index contributed by atoms with van der Waals surface area (Å²) in [5.41, 5.74) is 5.38. The normalized spacial score (nSPS) is 29.3. The minimum Gasteiger partial charge on any atom is -0.394 e. The molecule has 2 aromatic heterocycles. The molecule has 5 N–H and O–H groups in total. The Morgan fingerprint density at radius 1 is 1.62 bits per heavy atom. The lowest BCUT2D eigenvalue weighted by Gasteiger charge is -2.19. The topological polar surface area (TPSA) is 149 Å². The lowest BCUT2D eigenvalue weighted by atomic mass is 10.1. The molecule has 2 aromatic rings. The molecule has 1 aliphatic rings. The molecular weight excluding hydrogens is 282 g/mol. The van der Waals surface area contributed by atoms with Gasteiger partial charge < -0.3 is 25.4 Å². The second kappa shape index (κ2) is 5.07. The first-order chi connectivity index (χ1) is 10.1. The van der Waals surface area contributed by atoms with E-state index in [1.807, 2.05) is 0 Å². The van der Waals surface area contributed by atoms with Gasteiger partial charge in [-0.25, -0.2) is 4.98 Å². The van der Waals surface area contributed by atoms with E-state index in [1.54, 1.807) is 0 Å². The molecule has 0 bridgehead atoms. The lowest BCUT2D eigenvalue weighted by Crippen LogP contribution is -2.34. The van der Waals surface area contributed by atoms with Crippen LogP contribution in [0.4, 0.5) is 5.95 Å². The molecule has 1 aliphatic heterocycles. The highest BCUT2D eigenvalue weighted by Crippen LogP contribution is 2.32. The van der Waals surface area contributed by atoms with Gasteiger partial charge >= 0.3 is 0 Å². The van der Waals surface area contributed by atoms with Gasteiger partial charge in [-0.05, 0) is 0 Å². The molecule has 3 rings (SSSR count). The van der Waals surface area contributed by atoms with Crippen LogP contribution >= 0.6 is 0 Å². The maximum absolute atomic E-state index is 11.8. The van der Waals surface area contributed by atoms with Gasteiger partial charge in [0.25, 0.3) is 5.56 Å². The van der Waals surface area contributed by atoms with E-state index < -0.39 is 30.1 Å². The minimum absolute atomic E-state index is 0.0551. The third kappa shape index (κ3) is 2.08. The van der Waals surface area contributed by atoms with Crippen LogP contribution in [0.3, 0.4) is 0 Å². The van der Waals surface area contributed by atoms with Crippen molar-refractivity contribution in [3.63, 3.8) is 0 Å². The number of fused-ring (bicyclic) bond motifs is 1. The Morgan fingerprint density at radius 2 is 2.38 bits per heavy atom. The quantitative estimate of drug-likeness (QED) is 0.506. The highest BCUT2D eigenvalue weighted by Gasteiger charge is 2.45. The first-order valence-corrected chi connectivity index (χ1v) is 6.26. The van der Waals surface area contributed by atoms with Crippen molar-refractivity contribution in [2.24, 2.45) is 0 Å². The third-order valence-corrected chi connectivity index (χ3v) is 3.49. The van der Waals surface area contributed by atoms with Crippen molar-refractivity contribution in [2.45, 2.75) is 24.5 Å². The van der Waals surface area contributed by atoms with Crippen LogP contribution in [0, 0.1) is 0 Å². The van der Waals surface area contributed by atoms with Gasteiger partial charge in [-0.15, -0.1) is 0 Å². The molecule has 3 heterocycles. The molecule has 0 unspecified atom stereocenters. The van der Waals surface area contributed by atoms with Crippen LogP contribution in [-0.2, 0) is 9.47 Å². The molecule has 0 aromatic carbocycles. The van der Waals surface area contributed by atoms with Crippen molar-refractivity contribution in [1.82, 2.24) is 19.5 Å². The number of hydrogen-bond donors (Lipinski definition) is 4. The maximum atomic E-state index is 11.8. The summed E-state index contributed by atoms with van der Waals surface area (Å²) in [6.45, 7) is -0.361. The number of rotatable bonds is 3. The third-order valence-electron chi connectivity index (χ3n) is 3.49. The van der Waals surface area contributed by atoms with Crippen LogP contribution < -0.4 is 11.3 Å². The van der Waals surface area contributed by atoms with E-state index in [9.17, 15) is 15.0 Å². The predicted octanol–water partition coefficient (Wildman–Crippen LogP) is -2.03. The predicted molar refractivity (Wildman–Crippen MR) is 70.4 cm³/mol. The van der Waals surface area contributed by atoms with Crippen molar-refractivity contribution >= 4 is 17.1 Å². The number of anilines is 1. The van der Waals surface area contributed by atoms with Crippen molar-refractivity contribution in [3.8, 4) is 0 Å². The van der Waals surface area contributed by atoms with Gasteiger partial charge in [0, 0.05) is 7.11 Å². The van der Waals surface area contributed by atoms with Gasteiger partial charge in [-0.2, -0.15) is 4.98 Å². The van der Waals surface area contributed by atoms with Crippen LogP contribution in [0.2, 0.25) is 0 Å². The molecule has 21 heavy (non-hydrogen) atoms. The first-order valence-electron chi connectivity index (χ1n) is 6.26. The van der Waals surface area contributed by atoms with E-state index in [0.717, 1.165) is 0 Å². The number of nitrogens with one attached hydrogen (secondary N) is 1. The fourth-order valence-corrected chi connectivity index (χ4v) is 2.48. The van der Waals surface area contributed by atoms with Gasteiger partial charge in [0.15, 0.2) is 17.4 Å². The van der Waals surface area contributed by atoms with Crippen LogP contribution in [-0.4, -0.2) is 61.8 Å². The Kier molecular flexibility index (Phi) is 3.37. The highest BCUT2D eigenvalue weighted by atomic mass is 16.6. The molecule has 114 valence electrons. The van der Waals surface area contributed by atoms with E-state index in [-0.39, 0.29) is 23.7 Å². The molecule has 0 radical (unpaired) electrons. The van der Waals surface area contributed by atoms with Crippen molar-refractivity contribution in [3.05, 3.63) is 16.7 Å². The molecule has 4 atom stereocenters. The van der Waals surface area contributed by atoms with Gasteiger partial charge in [0.1, 0.15) is 18.3 Å². The Labute approximate surface area is 118 Å². The number of imidazole rings is 1. The number of ether oxygens (including phenoxy) is 2. The number of H-pyrrole nitrogens is 1. The van der Waals surface area contributed by atoms with E-state index in [2.05, 4.69) is 15.0 Å². The fourth-order valence-electron chi connectivity index (χ4n) is 2.48. The summed E-state index contributed by atoms with van der Waals surface area (Å²) >= 11 is 0. The molecule has 0 amide bonds. The number of aromatic amines is 1. The SMILES string of the molecule is CO[C@H]1[C@@H](O)[C@H](CO)O[C@@H]1n1cnc2c(=O)[nH]c(N)nc21. The summed E-state index contributed by atoms with van der Waals surface area (Å²) in [7, 11) is 1.41. The largest absolute Gasteiger partial charge is 0.394 e. The van der Waals surface area contributed by atoms with E-state index in [0.29, 0.717) is 0 Å². The number of methoxy groups -OCH3 is 1. The summed E-state index contributed by atoms with van der Waals surface area (Å²) in [6, 6.07) is 0. The maximum Gasteiger partial charge on any atom is 0.280 e. The Bertz CT molecular complexity index is 713. The van der Waals surface area contributed by atoms with Crippen molar-refractivity contribution in [1.29, 1.82) is 0 Å². The number of aliphatic hydroxyl groups is 2. The molecule has 0 spiro atoms. The average molecular weight is 297 g/mol. The number of hydrogen-bond acceptors (Lipinski definition) is 8. The number of aromatic nitrogens is 4. The molecular formula is C11H15N5O5. The smallest absolute Gasteiger partial charge is 0.280 e.